The molecule has 0 spiro atoms. The second kappa shape index (κ2) is 12.4. The van der Waals surface area contributed by atoms with Crippen molar-refractivity contribution < 1.29 is 42.0 Å². The van der Waals surface area contributed by atoms with Crippen molar-refractivity contribution in [2.45, 2.75) is 39.7 Å². The highest BCUT2D eigenvalue weighted by atomic mass is 35.5. The van der Waals surface area contributed by atoms with Crippen LogP contribution in [0.4, 0.5) is 13.2 Å². The van der Waals surface area contributed by atoms with Crippen LogP contribution in [0.3, 0.4) is 0 Å². The van der Waals surface area contributed by atoms with Gasteiger partial charge < -0.3 is 24.1 Å². The summed E-state index contributed by atoms with van der Waals surface area (Å²) in [5.74, 6) is 0.407. The van der Waals surface area contributed by atoms with Crippen LogP contribution in [0.15, 0.2) is 60.7 Å². The van der Waals surface area contributed by atoms with Crippen LogP contribution >= 0.6 is 11.6 Å². The molecule has 0 fully saturated rings. The number of aliphatic hydroxyl groups is 1. The Morgan fingerprint density at radius 2 is 1.62 bits per heavy atom. The first-order chi connectivity index (χ1) is 19.1. The first kappa shape index (κ1) is 29.0. The Balaban J connectivity index is 1.64. The lowest BCUT2D eigenvalue weighted by Gasteiger charge is -2.18. The third kappa shape index (κ3) is 7.13. The van der Waals surface area contributed by atoms with Gasteiger partial charge in [0.15, 0.2) is 0 Å². The number of aliphatic hydroxyl groups excluding tert-OH is 1. The number of pyridine rings is 1. The van der Waals surface area contributed by atoms with Crippen LogP contribution < -0.4 is 14.2 Å². The number of aryl methyl sites for hydroxylation is 1. The van der Waals surface area contributed by atoms with E-state index in [-0.39, 0.29) is 31.5 Å². The average molecular weight is 576 g/mol. The van der Waals surface area contributed by atoms with Gasteiger partial charge in [-0.2, -0.15) is 0 Å². The zero-order valence-electron chi connectivity index (χ0n) is 21.5. The maximum atomic E-state index is 12.4. The number of hydrogen-bond donors (Lipinski definition) is 1. The summed E-state index contributed by atoms with van der Waals surface area (Å²) >= 11 is 6.37. The highest BCUT2D eigenvalue weighted by Gasteiger charge is 2.31. The van der Waals surface area contributed by atoms with Crippen LogP contribution in [-0.2, 0) is 16.1 Å². The first-order valence-electron chi connectivity index (χ1n) is 12.2. The number of hydrogen-bond acceptors (Lipinski definition) is 7. The summed E-state index contributed by atoms with van der Waals surface area (Å²) in [6.07, 6.45) is -3.88. The van der Waals surface area contributed by atoms with Crippen LogP contribution in [0.25, 0.3) is 22.0 Å². The zero-order valence-corrected chi connectivity index (χ0v) is 22.3. The van der Waals surface area contributed by atoms with Gasteiger partial charge >= 0.3 is 12.3 Å². The Hall–Kier alpha value is -4.02. The molecule has 11 heteroatoms. The minimum atomic E-state index is -4.78. The molecule has 3 aromatic carbocycles. The maximum Gasteiger partial charge on any atom is 0.573 e. The molecule has 210 valence electrons. The molecule has 0 atom stereocenters. The summed E-state index contributed by atoms with van der Waals surface area (Å²) in [6.45, 7) is 3.08. The molecule has 1 aromatic heterocycles. The van der Waals surface area contributed by atoms with E-state index in [1.165, 1.54) is 12.1 Å². The largest absolute Gasteiger partial charge is 0.573 e. The van der Waals surface area contributed by atoms with Crippen LogP contribution in [-0.4, -0.2) is 29.2 Å². The van der Waals surface area contributed by atoms with E-state index in [2.05, 4.69) is 9.72 Å². The number of benzene rings is 3. The van der Waals surface area contributed by atoms with Crippen molar-refractivity contribution in [2.75, 3.05) is 6.79 Å². The van der Waals surface area contributed by atoms with Gasteiger partial charge in [-0.3, -0.25) is 9.78 Å². The van der Waals surface area contributed by atoms with Crippen LogP contribution in [0, 0.1) is 6.92 Å². The van der Waals surface area contributed by atoms with E-state index >= 15 is 0 Å². The molecular weight excluding hydrogens is 551 g/mol. The number of esters is 1. The summed E-state index contributed by atoms with van der Waals surface area (Å²) in [6, 6.07) is 15.3. The summed E-state index contributed by atoms with van der Waals surface area (Å²) in [4.78, 5) is 16.6. The second-order valence-corrected chi connectivity index (χ2v) is 9.10. The van der Waals surface area contributed by atoms with Gasteiger partial charge in [0.25, 0.3) is 0 Å². The molecule has 0 saturated heterocycles. The summed E-state index contributed by atoms with van der Waals surface area (Å²) in [5, 5.41) is 10.5. The van der Waals surface area contributed by atoms with Crippen molar-refractivity contribution in [2.24, 2.45) is 0 Å². The molecule has 0 amide bonds. The number of carbonyl (C=O) groups excluding carboxylic acids is 1. The summed E-state index contributed by atoms with van der Waals surface area (Å²) in [5.41, 5.74) is 3.01. The Bertz CT molecular complexity index is 1490. The van der Waals surface area contributed by atoms with Crippen LogP contribution in [0.2, 0.25) is 5.02 Å². The molecular formula is C29H25ClF3NO6. The Morgan fingerprint density at radius 1 is 1.00 bits per heavy atom. The van der Waals surface area contributed by atoms with Gasteiger partial charge in [-0.1, -0.05) is 30.7 Å². The molecule has 0 aliphatic rings. The standard InChI is InChI=1S/C29H25ClF3NO6/c1-3-4-26(36)37-16-38-28-23-14-24(30)19(15-35)13-25(23)34-17(2)27(28)18-5-7-20(8-6-18)39-21-9-11-22(12-10-21)40-29(31,32)33/h5-14,35H,3-4,15-16H2,1-2H3. The molecule has 0 radical (unpaired) electrons. The van der Waals surface area contributed by atoms with Crippen molar-refractivity contribution in [3.05, 3.63) is 76.9 Å². The average Bonchev–Trinajstić information content (AvgIpc) is 2.90. The topological polar surface area (TPSA) is 87.1 Å². The van der Waals surface area contributed by atoms with Crippen LogP contribution in [0.1, 0.15) is 31.0 Å². The number of carbonyl (C=O) groups is 1. The molecule has 1 heterocycles. The Morgan fingerprint density at radius 3 is 2.23 bits per heavy atom. The van der Waals surface area contributed by atoms with Crippen molar-refractivity contribution in [1.82, 2.24) is 4.98 Å². The van der Waals surface area contributed by atoms with Gasteiger partial charge in [0, 0.05) is 28.1 Å². The van der Waals surface area contributed by atoms with E-state index in [1.807, 2.05) is 6.92 Å². The highest BCUT2D eigenvalue weighted by Crippen LogP contribution is 2.41. The number of aromatic nitrogens is 1. The molecule has 0 unspecified atom stereocenters. The molecule has 0 bridgehead atoms. The van der Waals surface area contributed by atoms with Gasteiger partial charge in [-0.05, 0) is 73.0 Å². The fourth-order valence-electron chi connectivity index (χ4n) is 3.99. The monoisotopic (exact) mass is 575 g/mol. The van der Waals surface area contributed by atoms with Gasteiger partial charge in [-0.25, -0.2) is 0 Å². The number of ether oxygens (including phenoxy) is 4. The lowest BCUT2D eigenvalue weighted by Crippen LogP contribution is -2.16. The Kier molecular flexibility index (Phi) is 9.01. The summed E-state index contributed by atoms with van der Waals surface area (Å²) in [7, 11) is 0. The fraction of sp³-hybridized carbons (Fsp3) is 0.241. The maximum absolute atomic E-state index is 12.4. The molecule has 0 aliphatic heterocycles. The minimum absolute atomic E-state index is 0.261. The first-order valence-corrected chi connectivity index (χ1v) is 12.6. The smallest absolute Gasteiger partial charge is 0.457 e. The van der Waals surface area contributed by atoms with E-state index in [1.54, 1.807) is 43.3 Å². The molecule has 0 saturated carbocycles. The van der Waals surface area contributed by atoms with E-state index in [4.69, 9.17) is 25.8 Å². The summed E-state index contributed by atoms with van der Waals surface area (Å²) < 4.78 is 58.0. The predicted molar refractivity (Wildman–Crippen MR) is 143 cm³/mol. The molecule has 40 heavy (non-hydrogen) atoms. The molecule has 4 aromatic rings. The van der Waals surface area contributed by atoms with Crippen molar-refractivity contribution in [3.63, 3.8) is 0 Å². The molecule has 4 rings (SSSR count). The minimum Gasteiger partial charge on any atom is -0.457 e. The van der Waals surface area contributed by atoms with Crippen molar-refractivity contribution >= 4 is 28.5 Å². The number of alkyl halides is 3. The zero-order chi connectivity index (χ0) is 28.9. The van der Waals surface area contributed by atoms with Crippen molar-refractivity contribution in [3.8, 4) is 34.1 Å². The normalized spacial score (nSPS) is 11.4. The Labute approximate surface area is 233 Å². The van der Waals surface area contributed by atoms with E-state index < -0.39 is 6.36 Å². The lowest BCUT2D eigenvalue weighted by molar-refractivity contribution is -0.274. The van der Waals surface area contributed by atoms with E-state index in [0.29, 0.717) is 62.0 Å². The fourth-order valence-corrected chi connectivity index (χ4v) is 4.21. The van der Waals surface area contributed by atoms with E-state index in [0.717, 1.165) is 12.1 Å². The van der Waals surface area contributed by atoms with Gasteiger partial charge in [-0.15, -0.1) is 13.2 Å². The second-order valence-electron chi connectivity index (χ2n) is 8.69. The third-order valence-corrected chi connectivity index (χ3v) is 6.12. The predicted octanol–water partition coefficient (Wildman–Crippen LogP) is 7.73. The third-order valence-electron chi connectivity index (χ3n) is 5.77. The SMILES string of the molecule is CCCC(=O)OCOc1c(-c2ccc(Oc3ccc(OC(F)(F)F)cc3)cc2)c(C)nc2cc(CO)c(Cl)cc12. The lowest BCUT2D eigenvalue weighted by atomic mass is 9.99. The van der Waals surface area contributed by atoms with Crippen LogP contribution in [0.5, 0.6) is 23.0 Å². The highest BCUT2D eigenvalue weighted by molar-refractivity contribution is 6.32. The molecule has 1 N–H and O–H groups in total. The van der Waals surface area contributed by atoms with Crippen molar-refractivity contribution in [1.29, 1.82) is 0 Å². The molecule has 7 nitrogen and oxygen atoms in total. The van der Waals surface area contributed by atoms with Gasteiger partial charge in [0.2, 0.25) is 6.79 Å². The number of nitrogens with zero attached hydrogens (tertiary/aromatic N) is 1. The van der Waals surface area contributed by atoms with Gasteiger partial charge in [0.05, 0.1) is 12.1 Å². The molecule has 0 aliphatic carbocycles. The number of fused-ring (bicyclic) bond motifs is 1. The van der Waals surface area contributed by atoms with E-state index in [9.17, 15) is 23.1 Å². The quantitative estimate of drug-likeness (QED) is 0.153. The van der Waals surface area contributed by atoms with Gasteiger partial charge in [0.1, 0.15) is 23.0 Å². The number of halogens is 4. The number of rotatable bonds is 10.